The van der Waals surface area contributed by atoms with Gasteiger partial charge in [0.05, 0.1) is 11.3 Å². The minimum atomic E-state index is -0.319. The van der Waals surface area contributed by atoms with Crippen LogP contribution in [0.3, 0.4) is 0 Å². The summed E-state index contributed by atoms with van der Waals surface area (Å²) in [5.41, 5.74) is 2.93. The van der Waals surface area contributed by atoms with Crippen molar-refractivity contribution in [2.45, 2.75) is 25.8 Å². The lowest BCUT2D eigenvalue weighted by Gasteiger charge is -2.34. The molecule has 0 bridgehead atoms. The highest BCUT2D eigenvalue weighted by atomic mass is 35.5. The zero-order valence-electron chi connectivity index (χ0n) is 13.7. The third kappa shape index (κ3) is 2.65. The van der Waals surface area contributed by atoms with Gasteiger partial charge in [0.15, 0.2) is 5.75 Å². The van der Waals surface area contributed by atoms with Crippen molar-refractivity contribution in [2.75, 3.05) is 16.1 Å². The third-order valence-electron chi connectivity index (χ3n) is 4.65. The molecular formula is C19H17ClN2O3. The quantitative estimate of drug-likeness (QED) is 0.829. The van der Waals surface area contributed by atoms with Crippen molar-refractivity contribution in [2.24, 2.45) is 0 Å². The summed E-state index contributed by atoms with van der Waals surface area (Å²) in [5, 5.41) is 2.68. The smallest absolute Gasteiger partial charge is 0.262 e. The zero-order valence-corrected chi connectivity index (χ0v) is 14.5. The number of anilines is 2. The van der Waals surface area contributed by atoms with Crippen LogP contribution in [0.1, 0.15) is 29.3 Å². The number of ether oxygens (including phenoxy) is 1. The molecule has 0 radical (unpaired) electrons. The molecule has 2 aliphatic rings. The van der Waals surface area contributed by atoms with Gasteiger partial charge in [-0.25, -0.2) is 0 Å². The van der Waals surface area contributed by atoms with E-state index in [0.29, 0.717) is 22.7 Å². The monoisotopic (exact) mass is 356 g/mol. The van der Waals surface area contributed by atoms with Gasteiger partial charge < -0.3 is 15.0 Å². The molecule has 2 aromatic rings. The first-order chi connectivity index (χ1) is 12.1. The van der Waals surface area contributed by atoms with E-state index in [1.165, 1.54) is 0 Å². The number of amides is 2. The van der Waals surface area contributed by atoms with Crippen molar-refractivity contribution in [3.8, 4) is 11.5 Å². The van der Waals surface area contributed by atoms with Crippen molar-refractivity contribution in [3.05, 3.63) is 47.5 Å². The van der Waals surface area contributed by atoms with E-state index in [4.69, 9.17) is 16.3 Å². The molecule has 0 aliphatic carbocycles. The van der Waals surface area contributed by atoms with Crippen LogP contribution in [0.5, 0.6) is 11.5 Å². The maximum absolute atomic E-state index is 13.2. The summed E-state index contributed by atoms with van der Waals surface area (Å²) in [6.45, 7) is 2.04. The standard InChI is InChI=1S/C19H17ClN2O3/c1-11-5-6-12-3-2-4-16-18(12)22(11)19(24)14-9-13(21-17(23)10-20)7-8-15(14)25-16/h2-4,7-9,11H,5-6,10H2,1H3,(H,21,23). The number of para-hydroxylation sites is 1. The molecule has 2 heterocycles. The Hall–Kier alpha value is -2.53. The van der Waals surface area contributed by atoms with Gasteiger partial charge in [-0.1, -0.05) is 12.1 Å². The third-order valence-corrected chi connectivity index (χ3v) is 4.89. The van der Waals surface area contributed by atoms with Gasteiger partial charge in [0.25, 0.3) is 5.91 Å². The van der Waals surface area contributed by atoms with Gasteiger partial charge in [0, 0.05) is 11.7 Å². The number of carbonyl (C=O) groups is 2. The molecule has 0 aromatic heterocycles. The van der Waals surface area contributed by atoms with Gasteiger partial charge >= 0.3 is 0 Å². The number of fused-ring (bicyclic) bond motifs is 1. The number of nitrogens with zero attached hydrogens (tertiary/aromatic N) is 1. The summed E-state index contributed by atoms with van der Waals surface area (Å²) in [7, 11) is 0. The van der Waals surface area contributed by atoms with Crippen molar-refractivity contribution < 1.29 is 14.3 Å². The Morgan fingerprint density at radius 3 is 2.96 bits per heavy atom. The number of carbonyl (C=O) groups excluding carboxylic acids is 2. The molecule has 25 heavy (non-hydrogen) atoms. The molecule has 0 fully saturated rings. The Balaban J connectivity index is 1.83. The molecule has 6 heteroatoms. The van der Waals surface area contributed by atoms with E-state index in [9.17, 15) is 9.59 Å². The predicted octanol–water partition coefficient (Wildman–Crippen LogP) is 3.95. The molecular weight excluding hydrogens is 340 g/mol. The summed E-state index contributed by atoms with van der Waals surface area (Å²) in [6, 6.07) is 11.0. The number of rotatable bonds is 2. The van der Waals surface area contributed by atoms with E-state index < -0.39 is 0 Å². The summed E-state index contributed by atoms with van der Waals surface area (Å²) in [5.74, 6) is 0.605. The predicted molar refractivity (Wildman–Crippen MR) is 96.9 cm³/mol. The second kappa shape index (κ2) is 6.08. The van der Waals surface area contributed by atoms with E-state index >= 15 is 0 Å². The fourth-order valence-corrected chi connectivity index (χ4v) is 3.51. The molecule has 1 atom stereocenters. The van der Waals surface area contributed by atoms with Crippen LogP contribution in [0.15, 0.2) is 36.4 Å². The van der Waals surface area contributed by atoms with Gasteiger partial charge in [0.1, 0.15) is 11.6 Å². The van der Waals surface area contributed by atoms with Crippen LogP contribution in [0.2, 0.25) is 0 Å². The van der Waals surface area contributed by atoms with Gasteiger partial charge in [-0.15, -0.1) is 11.6 Å². The maximum Gasteiger partial charge on any atom is 0.262 e. The molecule has 128 valence electrons. The lowest BCUT2D eigenvalue weighted by molar-refractivity contribution is -0.113. The second-order valence-electron chi connectivity index (χ2n) is 6.32. The van der Waals surface area contributed by atoms with E-state index in [2.05, 4.69) is 5.32 Å². The summed E-state index contributed by atoms with van der Waals surface area (Å²) in [4.78, 5) is 26.6. The number of nitrogens with one attached hydrogen (secondary N) is 1. The molecule has 2 aromatic carbocycles. The number of alkyl halides is 1. The lowest BCUT2D eigenvalue weighted by Crippen LogP contribution is -2.41. The van der Waals surface area contributed by atoms with Gasteiger partial charge in [-0.3, -0.25) is 9.59 Å². The van der Waals surface area contributed by atoms with Crippen LogP contribution in [0.4, 0.5) is 11.4 Å². The number of benzene rings is 2. The second-order valence-corrected chi connectivity index (χ2v) is 6.59. The van der Waals surface area contributed by atoms with Crippen LogP contribution in [0.25, 0.3) is 0 Å². The first-order valence-corrected chi connectivity index (χ1v) is 8.75. The molecule has 0 spiro atoms. The number of aryl methyl sites for hydroxylation is 1. The van der Waals surface area contributed by atoms with Crippen LogP contribution in [-0.2, 0) is 11.2 Å². The first kappa shape index (κ1) is 16.0. The Labute approximate surface area is 150 Å². The van der Waals surface area contributed by atoms with Gasteiger partial charge in [0.2, 0.25) is 5.91 Å². The summed E-state index contributed by atoms with van der Waals surface area (Å²) >= 11 is 5.54. The van der Waals surface area contributed by atoms with Crippen molar-refractivity contribution in [1.82, 2.24) is 0 Å². The molecule has 0 saturated carbocycles. The Morgan fingerprint density at radius 1 is 1.32 bits per heavy atom. The largest absolute Gasteiger partial charge is 0.454 e. The van der Waals surface area contributed by atoms with Crippen molar-refractivity contribution >= 4 is 34.8 Å². The highest BCUT2D eigenvalue weighted by Crippen LogP contribution is 2.45. The van der Waals surface area contributed by atoms with Crippen LogP contribution in [0, 0.1) is 0 Å². The van der Waals surface area contributed by atoms with Crippen LogP contribution < -0.4 is 15.0 Å². The minimum Gasteiger partial charge on any atom is -0.454 e. The Kier molecular flexibility index (Phi) is 3.88. The fraction of sp³-hybridized carbons (Fsp3) is 0.263. The van der Waals surface area contributed by atoms with Gasteiger partial charge in [-0.05, 0) is 49.6 Å². The van der Waals surface area contributed by atoms with E-state index in [0.717, 1.165) is 24.1 Å². The normalized spacial score (nSPS) is 17.9. The summed E-state index contributed by atoms with van der Waals surface area (Å²) in [6.07, 6.45) is 1.82. The van der Waals surface area contributed by atoms with E-state index in [1.54, 1.807) is 18.2 Å². The zero-order chi connectivity index (χ0) is 17.6. The van der Waals surface area contributed by atoms with Crippen molar-refractivity contribution in [3.63, 3.8) is 0 Å². The van der Waals surface area contributed by atoms with Gasteiger partial charge in [-0.2, -0.15) is 0 Å². The van der Waals surface area contributed by atoms with E-state index in [1.807, 2.05) is 30.0 Å². The average Bonchev–Trinajstić information content (AvgIpc) is 2.74. The first-order valence-electron chi connectivity index (χ1n) is 8.21. The number of hydrogen-bond donors (Lipinski definition) is 1. The SMILES string of the molecule is CC1CCc2cccc3c2N1C(=O)c1cc(NC(=O)CCl)ccc1O3. The molecule has 4 rings (SSSR count). The van der Waals surface area contributed by atoms with E-state index in [-0.39, 0.29) is 23.7 Å². The van der Waals surface area contributed by atoms with Crippen LogP contribution >= 0.6 is 11.6 Å². The molecule has 1 unspecified atom stereocenters. The van der Waals surface area contributed by atoms with Crippen molar-refractivity contribution in [1.29, 1.82) is 0 Å². The van der Waals surface area contributed by atoms with Crippen LogP contribution in [-0.4, -0.2) is 23.7 Å². The summed E-state index contributed by atoms with van der Waals surface area (Å²) < 4.78 is 6.05. The molecule has 2 aliphatic heterocycles. The minimum absolute atomic E-state index is 0.0804. The highest BCUT2D eigenvalue weighted by Gasteiger charge is 2.35. The average molecular weight is 357 g/mol. The molecule has 5 nitrogen and oxygen atoms in total. The highest BCUT2D eigenvalue weighted by molar-refractivity contribution is 6.29. The topological polar surface area (TPSA) is 58.6 Å². The molecule has 2 amide bonds. The Morgan fingerprint density at radius 2 is 2.16 bits per heavy atom. The maximum atomic E-state index is 13.2. The Bertz CT molecular complexity index is 881. The number of hydrogen-bond acceptors (Lipinski definition) is 3. The lowest BCUT2D eigenvalue weighted by atomic mass is 9.95. The molecule has 0 saturated heterocycles. The molecule has 1 N–H and O–H groups in total. The fourth-order valence-electron chi connectivity index (χ4n) is 3.45. The number of halogens is 1.